The third kappa shape index (κ3) is 2.92. The maximum absolute atomic E-state index is 13.0. The lowest BCUT2D eigenvalue weighted by atomic mass is 9.86. The molecule has 2 rings (SSSR count). The Bertz CT molecular complexity index is 495. The molecule has 1 aromatic carbocycles. The first-order valence-corrected chi connectivity index (χ1v) is 6.31. The minimum atomic E-state index is -0.871. The van der Waals surface area contributed by atoms with Gasteiger partial charge in [-0.1, -0.05) is 18.9 Å². The quantitative estimate of drug-likeness (QED) is 0.877. The minimum absolute atomic E-state index is 0.0949. The number of carbonyl (C=O) groups excluding carboxylic acids is 1. The SMILES string of the molecule is O=C(NCC1(C(=O)O)CCCC1)c1cccc(F)c1. The van der Waals surface area contributed by atoms with Crippen LogP contribution in [0.25, 0.3) is 0 Å². The van der Waals surface area contributed by atoms with Gasteiger partial charge < -0.3 is 10.4 Å². The highest BCUT2D eigenvalue weighted by Gasteiger charge is 2.41. The number of halogens is 1. The molecule has 0 radical (unpaired) electrons. The van der Waals surface area contributed by atoms with Gasteiger partial charge >= 0.3 is 5.97 Å². The molecule has 102 valence electrons. The van der Waals surface area contributed by atoms with Gasteiger partial charge in [0.15, 0.2) is 0 Å². The van der Waals surface area contributed by atoms with Crippen LogP contribution >= 0.6 is 0 Å². The molecule has 1 aliphatic carbocycles. The summed E-state index contributed by atoms with van der Waals surface area (Å²) in [5.41, 5.74) is -0.651. The van der Waals surface area contributed by atoms with Gasteiger partial charge in [0.1, 0.15) is 5.82 Å². The fourth-order valence-corrected chi connectivity index (χ4v) is 2.50. The standard InChI is InChI=1S/C14H16FNO3/c15-11-5-3-4-10(8-11)12(17)16-9-14(13(18)19)6-1-2-7-14/h3-5,8H,1-2,6-7,9H2,(H,16,17)(H,18,19). The van der Waals surface area contributed by atoms with Gasteiger partial charge in [-0.15, -0.1) is 0 Å². The van der Waals surface area contributed by atoms with Crippen molar-refractivity contribution in [2.24, 2.45) is 5.41 Å². The molecule has 0 atom stereocenters. The zero-order valence-corrected chi connectivity index (χ0v) is 10.5. The molecule has 0 aromatic heterocycles. The van der Waals surface area contributed by atoms with E-state index in [0.29, 0.717) is 12.8 Å². The number of carboxylic acids is 1. The summed E-state index contributed by atoms with van der Waals surface area (Å²) >= 11 is 0. The van der Waals surface area contributed by atoms with Crippen LogP contribution < -0.4 is 5.32 Å². The zero-order valence-electron chi connectivity index (χ0n) is 10.5. The van der Waals surface area contributed by atoms with Crippen molar-refractivity contribution in [3.63, 3.8) is 0 Å². The molecule has 1 saturated carbocycles. The first-order valence-electron chi connectivity index (χ1n) is 6.31. The van der Waals surface area contributed by atoms with Crippen molar-refractivity contribution in [1.82, 2.24) is 5.32 Å². The Morgan fingerprint density at radius 1 is 1.32 bits per heavy atom. The second-order valence-electron chi connectivity index (χ2n) is 4.99. The molecule has 1 aliphatic rings. The number of aliphatic carboxylic acids is 1. The van der Waals surface area contributed by atoms with E-state index in [1.807, 2.05) is 0 Å². The van der Waals surface area contributed by atoms with Crippen molar-refractivity contribution < 1.29 is 19.1 Å². The summed E-state index contributed by atoms with van der Waals surface area (Å²) < 4.78 is 13.0. The predicted octanol–water partition coefficient (Wildman–Crippen LogP) is 2.20. The largest absolute Gasteiger partial charge is 0.481 e. The van der Waals surface area contributed by atoms with Crippen LogP contribution in [0.3, 0.4) is 0 Å². The fraction of sp³-hybridized carbons (Fsp3) is 0.429. The molecule has 1 fully saturated rings. The molecular formula is C14H16FNO3. The van der Waals surface area contributed by atoms with Crippen LogP contribution in [-0.2, 0) is 4.79 Å². The van der Waals surface area contributed by atoms with Gasteiger partial charge in [0, 0.05) is 12.1 Å². The third-order valence-corrected chi connectivity index (χ3v) is 3.69. The van der Waals surface area contributed by atoms with Crippen molar-refractivity contribution in [3.8, 4) is 0 Å². The molecule has 2 N–H and O–H groups in total. The number of carbonyl (C=O) groups is 2. The molecule has 19 heavy (non-hydrogen) atoms. The summed E-state index contributed by atoms with van der Waals surface area (Å²) in [4.78, 5) is 23.2. The number of carboxylic acid groups (broad SMARTS) is 1. The highest BCUT2D eigenvalue weighted by atomic mass is 19.1. The predicted molar refractivity (Wildman–Crippen MR) is 67.3 cm³/mol. The summed E-state index contributed by atoms with van der Waals surface area (Å²) in [6.07, 6.45) is 2.88. The van der Waals surface area contributed by atoms with Gasteiger partial charge in [0.25, 0.3) is 5.91 Å². The van der Waals surface area contributed by atoms with Gasteiger partial charge in [-0.05, 0) is 31.0 Å². The smallest absolute Gasteiger partial charge is 0.311 e. The van der Waals surface area contributed by atoms with Crippen molar-refractivity contribution >= 4 is 11.9 Å². The van der Waals surface area contributed by atoms with Gasteiger partial charge in [-0.2, -0.15) is 0 Å². The van der Waals surface area contributed by atoms with E-state index in [0.717, 1.165) is 18.9 Å². The van der Waals surface area contributed by atoms with E-state index in [1.165, 1.54) is 18.2 Å². The number of benzene rings is 1. The number of hydrogen-bond donors (Lipinski definition) is 2. The Morgan fingerprint density at radius 2 is 2.00 bits per heavy atom. The second kappa shape index (κ2) is 5.38. The molecular weight excluding hydrogens is 249 g/mol. The number of rotatable bonds is 4. The van der Waals surface area contributed by atoms with Crippen LogP contribution in [0.15, 0.2) is 24.3 Å². The van der Waals surface area contributed by atoms with Gasteiger partial charge in [-0.3, -0.25) is 9.59 Å². The number of amides is 1. The van der Waals surface area contributed by atoms with E-state index in [4.69, 9.17) is 0 Å². The second-order valence-corrected chi connectivity index (χ2v) is 4.99. The number of hydrogen-bond acceptors (Lipinski definition) is 2. The van der Waals surface area contributed by atoms with Gasteiger partial charge in [0.05, 0.1) is 5.41 Å². The summed E-state index contributed by atoms with van der Waals surface area (Å²) in [6.45, 7) is 0.0949. The van der Waals surface area contributed by atoms with E-state index in [9.17, 15) is 19.1 Å². The van der Waals surface area contributed by atoms with Crippen LogP contribution in [0.4, 0.5) is 4.39 Å². The van der Waals surface area contributed by atoms with Crippen LogP contribution in [-0.4, -0.2) is 23.5 Å². The molecule has 1 amide bonds. The van der Waals surface area contributed by atoms with Crippen LogP contribution in [0.5, 0.6) is 0 Å². The Labute approximate surface area is 110 Å². The van der Waals surface area contributed by atoms with Crippen LogP contribution in [0.1, 0.15) is 36.0 Å². The Kier molecular flexibility index (Phi) is 3.83. The molecule has 0 heterocycles. The average molecular weight is 265 g/mol. The number of nitrogens with one attached hydrogen (secondary N) is 1. The first kappa shape index (κ1) is 13.5. The molecule has 0 aliphatic heterocycles. The monoisotopic (exact) mass is 265 g/mol. The molecule has 0 bridgehead atoms. The molecule has 0 spiro atoms. The molecule has 0 unspecified atom stereocenters. The van der Waals surface area contributed by atoms with Crippen LogP contribution in [0, 0.1) is 11.2 Å². The lowest BCUT2D eigenvalue weighted by Gasteiger charge is -2.23. The molecule has 0 saturated heterocycles. The van der Waals surface area contributed by atoms with Crippen molar-refractivity contribution in [1.29, 1.82) is 0 Å². The van der Waals surface area contributed by atoms with Gasteiger partial charge in [0.2, 0.25) is 0 Å². The molecule has 5 heteroatoms. The average Bonchev–Trinajstić information content (AvgIpc) is 2.86. The highest BCUT2D eigenvalue weighted by molar-refractivity contribution is 5.94. The summed E-state index contributed by atoms with van der Waals surface area (Å²) in [5.74, 6) is -1.79. The topological polar surface area (TPSA) is 66.4 Å². The van der Waals surface area contributed by atoms with Crippen molar-refractivity contribution in [2.45, 2.75) is 25.7 Å². The Morgan fingerprint density at radius 3 is 2.58 bits per heavy atom. The Balaban J connectivity index is 2.02. The van der Waals surface area contributed by atoms with Crippen molar-refractivity contribution in [3.05, 3.63) is 35.6 Å². The first-order chi connectivity index (χ1) is 9.03. The molecule has 1 aromatic rings. The van der Waals surface area contributed by atoms with Gasteiger partial charge in [-0.25, -0.2) is 4.39 Å². The van der Waals surface area contributed by atoms with E-state index in [2.05, 4.69) is 5.32 Å². The van der Waals surface area contributed by atoms with E-state index >= 15 is 0 Å². The maximum atomic E-state index is 13.0. The summed E-state index contributed by atoms with van der Waals surface area (Å²) in [6, 6.07) is 5.34. The van der Waals surface area contributed by atoms with E-state index in [1.54, 1.807) is 0 Å². The van der Waals surface area contributed by atoms with E-state index in [-0.39, 0.29) is 12.1 Å². The van der Waals surface area contributed by atoms with Crippen molar-refractivity contribution in [2.75, 3.05) is 6.54 Å². The third-order valence-electron chi connectivity index (χ3n) is 3.69. The lowest BCUT2D eigenvalue weighted by Crippen LogP contribution is -2.41. The Hall–Kier alpha value is -1.91. The zero-order chi connectivity index (χ0) is 13.9. The fourth-order valence-electron chi connectivity index (χ4n) is 2.50. The summed E-state index contributed by atoms with van der Waals surface area (Å²) in [7, 11) is 0. The molecule has 4 nitrogen and oxygen atoms in total. The van der Waals surface area contributed by atoms with E-state index < -0.39 is 23.1 Å². The normalized spacial score (nSPS) is 17.1. The highest BCUT2D eigenvalue weighted by Crippen LogP contribution is 2.37. The van der Waals surface area contributed by atoms with Crippen LogP contribution in [0.2, 0.25) is 0 Å². The summed E-state index contributed by atoms with van der Waals surface area (Å²) in [5, 5.41) is 11.9. The minimum Gasteiger partial charge on any atom is -0.481 e. The lowest BCUT2D eigenvalue weighted by molar-refractivity contribution is -0.148. The maximum Gasteiger partial charge on any atom is 0.311 e.